The summed E-state index contributed by atoms with van der Waals surface area (Å²) in [6.45, 7) is 4.02. The number of carbonyl (C=O) groups excluding carboxylic acids is 1. The molecule has 2 rings (SSSR count). The molecule has 0 bridgehead atoms. The summed E-state index contributed by atoms with van der Waals surface area (Å²) in [4.78, 5) is 11.7. The van der Waals surface area contributed by atoms with Crippen LogP contribution in [0.3, 0.4) is 0 Å². The van der Waals surface area contributed by atoms with Gasteiger partial charge in [-0.3, -0.25) is 0 Å². The maximum atomic E-state index is 11.7. The van der Waals surface area contributed by atoms with Crippen LogP contribution in [-0.4, -0.2) is 13.4 Å². The summed E-state index contributed by atoms with van der Waals surface area (Å²) >= 11 is 0. The largest absolute Gasteiger partial charge is 0.496 e. The van der Waals surface area contributed by atoms with Crippen LogP contribution < -0.4 is 4.74 Å². The summed E-state index contributed by atoms with van der Waals surface area (Å²) in [5.74, 6) is 0.828. The van der Waals surface area contributed by atoms with Crippen LogP contribution >= 0.6 is 0 Å². The molecule has 2 aromatic rings. The predicted molar refractivity (Wildman–Crippen MR) is 81.3 cm³/mol. The second-order valence-corrected chi connectivity index (χ2v) is 5.34. The van der Waals surface area contributed by atoms with Crippen molar-refractivity contribution in [3.63, 3.8) is 0 Å². The van der Waals surface area contributed by atoms with Gasteiger partial charge in [0.2, 0.25) is 0 Å². The third-order valence-electron chi connectivity index (χ3n) is 3.77. The van der Waals surface area contributed by atoms with E-state index in [9.17, 15) is 4.79 Å². The first kappa shape index (κ1) is 14.3. The van der Waals surface area contributed by atoms with E-state index in [1.807, 2.05) is 62.4 Å². The molecule has 0 saturated heterocycles. The topological polar surface area (TPSA) is 26.3 Å². The zero-order valence-corrected chi connectivity index (χ0v) is 12.2. The molecule has 0 aliphatic carbocycles. The van der Waals surface area contributed by atoms with E-state index in [-0.39, 0.29) is 0 Å². The molecule has 0 aliphatic heterocycles. The van der Waals surface area contributed by atoms with Gasteiger partial charge in [-0.05, 0) is 43.0 Å². The molecular formula is C18H20O2. The van der Waals surface area contributed by atoms with Crippen LogP contribution in [0.4, 0.5) is 0 Å². The zero-order chi connectivity index (χ0) is 14.6. The molecule has 1 atom stereocenters. The number of methoxy groups -OCH3 is 1. The molecule has 0 N–H and O–H groups in total. The zero-order valence-electron chi connectivity index (χ0n) is 12.2. The lowest BCUT2D eigenvalue weighted by atomic mass is 9.76. The van der Waals surface area contributed by atoms with Crippen molar-refractivity contribution in [2.75, 3.05) is 7.11 Å². The van der Waals surface area contributed by atoms with Gasteiger partial charge in [0.25, 0.3) is 0 Å². The molecule has 0 aromatic heterocycles. The van der Waals surface area contributed by atoms with Crippen LogP contribution in [0.25, 0.3) is 0 Å². The molecule has 0 fully saturated rings. The molecule has 104 valence electrons. The number of hydrogen-bond donors (Lipinski definition) is 0. The fraction of sp³-hybridized carbons (Fsp3) is 0.278. The Bertz CT molecular complexity index is 604. The van der Waals surface area contributed by atoms with Crippen LogP contribution in [0.15, 0.2) is 48.5 Å². The van der Waals surface area contributed by atoms with Gasteiger partial charge in [0.05, 0.1) is 12.5 Å². The summed E-state index contributed by atoms with van der Waals surface area (Å²) in [6.07, 6.45) is 1.67. The fourth-order valence-corrected chi connectivity index (χ4v) is 2.66. The molecule has 0 amide bonds. The molecule has 2 aromatic carbocycles. The smallest absolute Gasteiger partial charge is 0.130 e. The Morgan fingerprint density at radius 3 is 2.40 bits per heavy atom. The van der Waals surface area contributed by atoms with E-state index >= 15 is 0 Å². The average molecular weight is 268 g/mol. The maximum Gasteiger partial charge on any atom is 0.130 e. The van der Waals surface area contributed by atoms with Crippen LogP contribution in [-0.2, 0) is 16.6 Å². The number of hydrogen-bond acceptors (Lipinski definition) is 2. The highest BCUT2D eigenvalue weighted by Gasteiger charge is 2.29. The summed E-state index contributed by atoms with van der Waals surface area (Å²) in [6, 6.07) is 15.9. The molecular weight excluding hydrogens is 248 g/mol. The standard InChI is InChI=1S/C18H20O2/c1-14-8-4-6-10-16(14)18(2,13-19)12-15-9-5-7-11-17(15)20-3/h4-11,13H,12H2,1-3H3. The summed E-state index contributed by atoms with van der Waals surface area (Å²) in [7, 11) is 1.66. The normalized spacial score (nSPS) is 13.6. The number of benzene rings is 2. The van der Waals surface area contributed by atoms with Crippen molar-refractivity contribution in [3.8, 4) is 5.75 Å². The molecule has 2 heteroatoms. The molecule has 0 heterocycles. The van der Waals surface area contributed by atoms with Gasteiger partial charge < -0.3 is 9.53 Å². The Balaban J connectivity index is 2.42. The first-order valence-corrected chi connectivity index (χ1v) is 6.75. The fourth-order valence-electron chi connectivity index (χ4n) is 2.66. The van der Waals surface area contributed by atoms with E-state index < -0.39 is 5.41 Å². The second-order valence-electron chi connectivity index (χ2n) is 5.34. The van der Waals surface area contributed by atoms with Crippen LogP contribution in [0.1, 0.15) is 23.6 Å². The predicted octanol–water partition coefficient (Wildman–Crippen LogP) is 3.70. The highest BCUT2D eigenvalue weighted by molar-refractivity contribution is 5.70. The van der Waals surface area contributed by atoms with Crippen molar-refractivity contribution in [1.82, 2.24) is 0 Å². The Morgan fingerprint density at radius 1 is 1.10 bits per heavy atom. The number of aldehydes is 1. The van der Waals surface area contributed by atoms with Crippen LogP contribution in [0, 0.1) is 6.92 Å². The van der Waals surface area contributed by atoms with Gasteiger partial charge in [0, 0.05) is 0 Å². The molecule has 0 spiro atoms. The first-order valence-electron chi connectivity index (χ1n) is 6.75. The molecule has 0 aliphatic rings. The molecule has 1 unspecified atom stereocenters. The molecule has 20 heavy (non-hydrogen) atoms. The Labute approximate surface area is 120 Å². The van der Waals surface area contributed by atoms with Crippen molar-refractivity contribution in [1.29, 1.82) is 0 Å². The van der Waals surface area contributed by atoms with Crippen LogP contribution in [0.2, 0.25) is 0 Å². The SMILES string of the molecule is COc1ccccc1CC(C)(C=O)c1ccccc1C. The lowest BCUT2D eigenvalue weighted by molar-refractivity contribution is -0.112. The van der Waals surface area contributed by atoms with Crippen molar-refractivity contribution >= 4 is 6.29 Å². The van der Waals surface area contributed by atoms with Gasteiger partial charge in [0.15, 0.2) is 0 Å². The number of carbonyl (C=O) groups is 1. The highest BCUT2D eigenvalue weighted by atomic mass is 16.5. The lowest BCUT2D eigenvalue weighted by Gasteiger charge is -2.26. The van der Waals surface area contributed by atoms with Gasteiger partial charge in [-0.15, -0.1) is 0 Å². The van der Waals surface area contributed by atoms with E-state index in [0.717, 1.165) is 28.7 Å². The third-order valence-corrected chi connectivity index (χ3v) is 3.77. The minimum Gasteiger partial charge on any atom is -0.496 e. The van der Waals surface area contributed by atoms with Crippen molar-refractivity contribution in [3.05, 3.63) is 65.2 Å². The van der Waals surface area contributed by atoms with Crippen molar-refractivity contribution in [2.45, 2.75) is 25.7 Å². The van der Waals surface area contributed by atoms with Gasteiger partial charge in [-0.2, -0.15) is 0 Å². The average Bonchev–Trinajstić information content (AvgIpc) is 2.48. The Hall–Kier alpha value is -2.09. The second kappa shape index (κ2) is 5.91. The van der Waals surface area contributed by atoms with E-state index in [1.165, 1.54) is 0 Å². The minimum atomic E-state index is -0.542. The number of ether oxygens (including phenoxy) is 1. The third kappa shape index (κ3) is 2.74. The number of aryl methyl sites for hydroxylation is 1. The van der Waals surface area contributed by atoms with Gasteiger partial charge >= 0.3 is 0 Å². The quantitative estimate of drug-likeness (QED) is 0.773. The molecule has 0 saturated carbocycles. The Morgan fingerprint density at radius 2 is 1.75 bits per heavy atom. The lowest BCUT2D eigenvalue weighted by Crippen LogP contribution is -2.28. The number of rotatable bonds is 5. The van der Waals surface area contributed by atoms with Crippen LogP contribution in [0.5, 0.6) is 5.75 Å². The van der Waals surface area contributed by atoms with E-state index in [1.54, 1.807) is 7.11 Å². The highest BCUT2D eigenvalue weighted by Crippen LogP contribution is 2.31. The van der Waals surface area contributed by atoms with Crippen molar-refractivity contribution in [2.24, 2.45) is 0 Å². The monoisotopic (exact) mass is 268 g/mol. The summed E-state index contributed by atoms with van der Waals surface area (Å²) < 4.78 is 5.39. The van der Waals surface area contributed by atoms with Gasteiger partial charge in [-0.25, -0.2) is 0 Å². The van der Waals surface area contributed by atoms with Gasteiger partial charge in [0.1, 0.15) is 12.0 Å². The number of para-hydroxylation sites is 1. The van der Waals surface area contributed by atoms with Gasteiger partial charge in [-0.1, -0.05) is 42.5 Å². The maximum absolute atomic E-state index is 11.7. The first-order chi connectivity index (χ1) is 9.60. The summed E-state index contributed by atoms with van der Waals surface area (Å²) in [5, 5.41) is 0. The molecule has 0 radical (unpaired) electrons. The van der Waals surface area contributed by atoms with Crippen molar-refractivity contribution < 1.29 is 9.53 Å². The summed E-state index contributed by atoms with van der Waals surface area (Å²) in [5.41, 5.74) is 2.71. The van der Waals surface area contributed by atoms with E-state index in [2.05, 4.69) is 0 Å². The Kier molecular flexibility index (Phi) is 4.23. The van der Waals surface area contributed by atoms with E-state index in [0.29, 0.717) is 6.42 Å². The van der Waals surface area contributed by atoms with E-state index in [4.69, 9.17) is 4.74 Å². The molecule has 2 nitrogen and oxygen atoms in total. The minimum absolute atomic E-state index is 0.542.